The van der Waals surface area contributed by atoms with Crippen molar-refractivity contribution in [3.8, 4) is 0 Å². The third kappa shape index (κ3) is 4.58. The van der Waals surface area contributed by atoms with Crippen LogP contribution in [-0.4, -0.2) is 33.6 Å². The molecule has 0 radical (unpaired) electrons. The predicted molar refractivity (Wildman–Crippen MR) is 120 cm³/mol. The number of carbonyl (C=O) groups excluding carboxylic acids is 1. The normalized spacial score (nSPS) is 14.5. The van der Waals surface area contributed by atoms with E-state index in [1.807, 2.05) is 24.3 Å². The van der Waals surface area contributed by atoms with E-state index in [0.717, 1.165) is 11.1 Å². The zero-order chi connectivity index (χ0) is 22.9. The van der Waals surface area contributed by atoms with Crippen LogP contribution in [0.1, 0.15) is 21.5 Å². The molecule has 0 spiro atoms. The molecule has 3 aromatic rings. The number of nitrogens with two attached hydrogens (primary N) is 1. The second-order valence-electron chi connectivity index (χ2n) is 7.41. The van der Waals surface area contributed by atoms with Crippen molar-refractivity contribution in [1.82, 2.24) is 4.31 Å². The quantitative estimate of drug-likeness (QED) is 0.591. The van der Waals surface area contributed by atoms with Crippen molar-refractivity contribution < 1.29 is 21.6 Å². The molecule has 0 saturated heterocycles. The van der Waals surface area contributed by atoms with Crippen LogP contribution in [0.15, 0.2) is 82.6 Å². The van der Waals surface area contributed by atoms with Gasteiger partial charge in [-0.2, -0.15) is 4.31 Å². The zero-order valence-electron chi connectivity index (χ0n) is 16.9. The number of amides is 1. The van der Waals surface area contributed by atoms with Gasteiger partial charge in [-0.3, -0.25) is 4.79 Å². The Balaban J connectivity index is 1.47. The van der Waals surface area contributed by atoms with Crippen LogP contribution in [0, 0.1) is 0 Å². The fourth-order valence-electron chi connectivity index (χ4n) is 3.53. The van der Waals surface area contributed by atoms with Gasteiger partial charge in [0.15, 0.2) is 0 Å². The molecule has 0 bridgehead atoms. The Hall–Kier alpha value is -3.05. The van der Waals surface area contributed by atoms with Gasteiger partial charge in [-0.25, -0.2) is 22.0 Å². The number of sulfonamides is 2. The number of carbonyl (C=O) groups is 1. The van der Waals surface area contributed by atoms with E-state index in [2.05, 4.69) is 5.32 Å². The first-order valence-corrected chi connectivity index (χ1v) is 12.7. The minimum Gasteiger partial charge on any atom is -0.322 e. The standard InChI is InChI=1S/C22H21N3O5S2/c23-31(27,28)20-11-7-19(8-12-20)24-22(26)17-5-9-21(10-6-17)32(29,30)25-14-13-16-3-1-2-4-18(16)15-25/h1-12H,13-15H2,(H,24,26)(H2,23,27,28). The van der Waals surface area contributed by atoms with Crippen LogP contribution < -0.4 is 10.5 Å². The van der Waals surface area contributed by atoms with Crippen LogP contribution in [0.5, 0.6) is 0 Å². The molecule has 3 N–H and O–H groups in total. The summed E-state index contributed by atoms with van der Waals surface area (Å²) in [5, 5.41) is 7.69. The molecule has 0 unspecified atom stereocenters. The van der Waals surface area contributed by atoms with E-state index in [-0.39, 0.29) is 15.4 Å². The lowest BCUT2D eigenvalue weighted by molar-refractivity contribution is 0.102. The topological polar surface area (TPSA) is 127 Å². The van der Waals surface area contributed by atoms with Crippen molar-refractivity contribution in [1.29, 1.82) is 0 Å². The van der Waals surface area contributed by atoms with Gasteiger partial charge in [0.1, 0.15) is 0 Å². The van der Waals surface area contributed by atoms with Crippen LogP contribution in [-0.2, 0) is 33.0 Å². The second kappa shape index (κ2) is 8.47. The molecule has 0 aliphatic carbocycles. The summed E-state index contributed by atoms with van der Waals surface area (Å²) in [6, 6.07) is 18.9. The van der Waals surface area contributed by atoms with Crippen LogP contribution in [0.4, 0.5) is 5.69 Å². The summed E-state index contributed by atoms with van der Waals surface area (Å²) in [4.78, 5) is 12.5. The maximum atomic E-state index is 13.0. The van der Waals surface area contributed by atoms with E-state index < -0.39 is 26.0 Å². The fraction of sp³-hybridized carbons (Fsp3) is 0.136. The predicted octanol–water partition coefficient (Wildman–Crippen LogP) is 2.33. The molecule has 166 valence electrons. The largest absolute Gasteiger partial charge is 0.322 e. The highest BCUT2D eigenvalue weighted by atomic mass is 32.2. The number of anilines is 1. The van der Waals surface area contributed by atoms with Gasteiger partial charge in [0.25, 0.3) is 5.91 Å². The van der Waals surface area contributed by atoms with Crippen molar-refractivity contribution in [3.05, 3.63) is 89.5 Å². The van der Waals surface area contributed by atoms with Gasteiger partial charge >= 0.3 is 0 Å². The van der Waals surface area contributed by atoms with Crippen molar-refractivity contribution in [2.45, 2.75) is 22.8 Å². The SMILES string of the molecule is NS(=O)(=O)c1ccc(NC(=O)c2ccc(S(=O)(=O)N3CCc4ccccc4C3)cc2)cc1. The highest BCUT2D eigenvalue weighted by molar-refractivity contribution is 7.89. The number of primary sulfonamides is 1. The third-order valence-electron chi connectivity index (χ3n) is 5.29. The van der Waals surface area contributed by atoms with Crippen molar-refractivity contribution in [3.63, 3.8) is 0 Å². The highest BCUT2D eigenvalue weighted by Crippen LogP contribution is 2.25. The minimum absolute atomic E-state index is 0.0644. The maximum absolute atomic E-state index is 13.0. The Morgan fingerprint density at radius 1 is 0.812 bits per heavy atom. The van der Waals surface area contributed by atoms with Gasteiger partial charge in [-0.15, -0.1) is 0 Å². The highest BCUT2D eigenvalue weighted by Gasteiger charge is 2.28. The Morgan fingerprint density at radius 2 is 1.41 bits per heavy atom. The van der Waals surface area contributed by atoms with Gasteiger partial charge in [-0.1, -0.05) is 24.3 Å². The average molecular weight is 472 g/mol. The number of nitrogens with zero attached hydrogens (tertiary/aromatic N) is 1. The Morgan fingerprint density at radius 3 is 2.03 bits per heavy atom. The molecule has 0 saturated carbocycles. The summed E-state index contributed by atoms with van der Waals surface area (Å²) < 4.78 is 50.2. The zero-order valence-corrected chi connectivity index (χ0v) is 18.6. The molecule has 10 heteroatoms. The summed E-state index contributed by atoms with van der Waals surface area (Å²) >= 11 is 0. The third-order valence-corrected chi connectivity index (χ3v) is 8.08. The van der Waals surface area contributed by atoms with Gasteiger partial charge in [0, 0.05) is 24.3 Å². The second-order valence-corrected chi connectivity index (χ2v) is 10.9. The monoisotopic (exact) mass is 471 g/mol. The molecule has 32 heavy (non-hydrogen) atoms. The molecule has 0 atom stereocenters. The van der Waals surface area contributed by atoms with Crippen LogP contribution in [0.25, 0.3) is 0 Å². The number of fused-ring (bicyclic) bond motifs is 1. The van der Waals surface area contributed by atoms with Crippen LogP contribution in [0.2, 0.25) is 0 Å². The number of nitrogens with one attached hydrogen (secondary N) is 1. The van der Waals surface area contributed by atoms with E-state index >= 15 is 0 Å². The minimum atomic E-state index is -3.82. The molecule has 4 rings (SSSR count). The summed E-state index contributed by atoms with van der Waals surface area (Å²) in [7, 11) is -7.51. The smallest absolute Gasteiger partial charge is 0.255 e. The van der Waals surface area contributed by atoms with E-state index in [4.69, 9.17) is 5.14 Å². The van der Waals surface area contributed by atoms with E-state index in [9.17, 15) is 21.6 Å². The molecular weight excluding hydrogens is 450 g/mol. The van der Waals surface area contributed by atoms with Gasteiger partial charge in [0.2, 0.25) is 20.0 Å². The molecule has 3 aromatic carbocycles. The van der Waals surface area contributed by atoms with E-state index in [1.165, 1.54) is 52.8 Å². The first kappa shape index (κ1) is 22.2. The molecule has 8 nitrogen and oxygen atoms in total. The van der Waals surface area contributed by atoms with Crippen molar-refractivity contribution in [2.75, 3.05) is 11.9 Å². The number of hydrogen-bond donors (Lipinski definition) is 2. The lowest BCUT2D eigenvalue weighted by atomic mass is 10.0. The molecule has 1 heterocycles. The molecular formula is C22H21N3O5S2. The number of rotatable bonds is 5. The summed E-state index contributed by atoms with van der Waals surface area (Å²) in [6.45, 7) is 0.714. The van der Waals surface area contributed by atoms with Crippen LogP contribution >= 0.6 is 0 Å². The molecule has 1 aliphatic rings. The van der Waals surface area contributed by atoms with Crippen LogP contribution in [0.3, 0.4) is 0 Å². The molecule has 1 amide bonds. The van der Waals surface area contributed by atoms with Gasteiger partial charge < -0.3 is 5.32 Å². The lowest BCUT2D eigenvalue weighted by Gasteiger charge is -2.28. The number of hydrogen-bond acceptors (Lipinski definition) is 5. The van der Waals surface area contributed by atoms with Gasteiger partial charge in [0.05, 0.1) is 9.79 Å². The van der Waals surface area contributed by atoms with Gasteiger partial charge in [-0.05, 0) is 66.1 Å². The first-order valence-electron chi connectivity index (χ1n) is 9.76. The van der Waals surface area contributed by atoms with Crippen molar-refractivity contribution >= 4 is 31.6 Å². The first-order chi connectivity index (χ1) is 15.1. The maximum Gasteiger partial charge on any atom is 0.255 e. The van der Waals surface area contributed by atoms with E-state index in [1.54, 1.807) is 0 Å². The van der Waals surface area contributed by atoms with Crippen molar-refractivity contribution in [2.24, 2.45) is 5.14 Å². The Bertz CT molecular complexity index is 1370. The van der Waals surface area contributed by atoms with E-state index in [0.29, 0.717) is 25.2 Å². The summed E-state index contributed by atoms with van der Waals surface area (Å²) in [5.41, 5.74) is 2.80. The number of benzene rings is 3. The molecule has 1 aliphatic heterocycles. The average Bonchev–Trinajstić information content (AvgIpc) is 2.78. The molecule has 0 fully saturated rings. The Labute approximate surface area is 186 Å². The lowest BCUT2D eigenvalue weighted by Crippen LogP contribution is -2.35. The molecule has 0 aromatic heterocycles. The fourth-order valence-corrected chi connectivity index (χ4v) is 5.47. The summed E-state index contributed by atoms with van der Waals surface area (Å²) in [5.74, 6) is -0.454. The Kier molecular flexibility index (Phi) is 5.87. The summed E-state index contributed by atoms with van der Waals surface area (Å²) in [6.07, 6.45) is 0.653.